The van der Waals surface area contributed by atoms with Crippen LogP contribution in [-0.2, 0) is 6.54 Å². The van der Waals surface area contributed by atoms with Gasteiger partial charge in [-0.1, -0.05) is 19.1 Å². The van der Waals surface area contributed by atoms with Crippen LogP contribution in [0.3, 0.4) is 0 Å². The average molecular weight is 460 g/mol. The second kappa shape index (κ2) is 12.4. The van der Waals surface area contributed by atoms with Crippen molar-refractivity contribution >= 4 is 29.9 Å². The predicted octanol–water partition coefficient (Wildman–Crippen LogP) is 3.10. The van der Waals surface area contributed by atoms with Crippen molar-refractivity contribution in [1.82, 2.24) is 15.5 Å². The molecule has 1 aliphatic heterocycles. The van der Waals surface area contributed by atoms with E-state index in [0.717, 1.165) is 37.3 Å². The van der Waals surface area contributed by atoms with E-state index in [1.54, 1.807) is 7.11 Å². The van der Waals surface area contributed by atoms with Gasteiger partial charge in [-0.2, -0.15) is 0 Å². The zero-order valence-corrected chi connectivity index (χ0v) is 18.1. The summed E-state index contributed by atoms with van der Waals surface area (Å²) >= 11 is 0. The first kappa shape index (κ1) is 22.0. The molecule has 0 radical (unpaired) electrons. The maximum atomic E-state index is 5.19. The van der Waals surface area contributed by atoms with Crippen molar-refractivity contribution < 1.29 is 4.74 Å². The number of piperidine rings is 1. The smallest absolute Gasteiger partial charge is 0.191 e. The van der Waals surface area contributed by atoms with Crippen molar-refractivity contribution in [2.24, 2.45) is 10.9 Å². The number of guanidine groups is 1. The highest BCUT2D eigenvalue weighted by molar-refractivity contribution is 14.0. The Morgan fingerprint density at radius 2 is 1.88 bits per heavy atom. The van der Waals surface area contributed by atoms with E-state index in [4.69, 9.17) is 4.74 Å². The van der Waals surface area contributed by atoms with Gasteiger partial charge in [0.1, 0.15) is 5.75 Å². The van der Waals surface area contributed by atoms with Gasteiger partial charge in [0, 0.05) is 19.6 Å². The summed E-state index contributed by atoms with van der Waals surface area (Å²) in [6.45, 7) is 10.4. The minimum absolute atomic E-state index is 0. The number of nitrogens with one attached hydrogen (secondary N) is 2. The molecule has 1 aliphatic rings. The van der Waals surface area contributed by atoms with Gasteiger partial charge in [0.15, 0.2) is 5.96 Å². The van der Waals surface area contributed by atoms with Crippen LogP contribution in [0.2, 0.25) is 0 Å². The lowest BCUT2D eigenvalue weighted by atomic mass is 9.99. The van der Waals surface area contributed by atoms with Crippen molar-refractivity contribution in [3.63, 3.8) is 0 Å². The first-order valence-electron chi connectivity index (χ1n) is 9.08. The number of likely N-dealkylation sites (tertiary alicyclic amines) is 1. The van der Waals surface area contributed by atoms with Gasteiger partial charge >= 0.3 is 0 Å². The van der Waals surface area contributed by atoms with Crippen LogP contribution in [0, 0.1) is 5.92 Å². The van der Waals surface area contributed by atoms with Gasteiger partial charge in [-0.25, -0.2) is 4.99 Å². The number of hydrogen-bond donors (Lipinski definition) is 2. The number of aliphatic imine (C=N–C) groups is 1. The van der Waals surface area contributed by atoms with E-state index in [0.29, 0.717) is 6.54 Å². The first-order valence-corrected chi connectivity index (χ1v) is 9.08. The summed E-state index contributed by atoms with van der Waals surface area (Å²) in [6.07, 6.45) is 2.65. The average Bonchev–Trinajstić information content (AvgIpc) is 2.62. The van der Waals surface area contributed by atoms with Crippen LogP contribution in [0.5, 0.6) is 5.75 Å². The number of nitrogens with zero attached hydrogens (tertiary/aromatic N) is 2. The molecule has 0 amide bonds. The van der Waals surface area contributed by atoms with Crippen molar-refractivity contribution in [3.8, 4) is 5.75 Å². The second-order valence-corrected chi connectivity index (χ2v) is 6.49. The highest BCUT2D eigenvalue weighted by atomic mass is 127. The highest BCUT2D eigenvalue weighted by Gasteiger charge is 2.14. The summed E-state index contributed by atoms with van der Waals surface area (Å²) in [5.74, 6) is 2.65. The number of rotatable bonds is 7. The van der Waals surface area contributed by atoms with Crippen LogP contribution >= 0.6 is 24.0 Å². The Bertz CT molecular complexity index is 499. The maximum absolute atomic E-state index is 5.19. The maximum Gasteiger partial charge on any atom is 0.191 e. The molecule has 0 saturated carbocycles. The molecule has 1 saturated heterocycles. The second-order valence-electron chi connectivity index (χ2n) is 6.49. The van der Waals surface area contributed by atoms with Crippen LogP contribution in [0.1, 0.15) is 32.3 Å². The third-order valence-corrected chi connectivity index (χ3v) is 4.52. The summed E-state index contributed by atoms with van der Waals surface area (Å²) in [6, 6.07) is 8.06. The zero-order chi connectivity index (χ0) is 17.2. The summed E-state index contributed by atoms with van der Waals surface area (Å²) in [4.78, 5) is 7.21. The molecular weight excluding hydrogens is 427 g/mol. The Hall–Kier alpha value is -1.02. The normalized spacial score (nSPS) is 16.2. The van der Waals surface area contributed by atoms with Crippen LogP contribution in [0.15, 0.2) is 29.3 Å². The van der Waals surface area contributed by atoms with E-state index in [9.17, 15) is 0 Å². The van der Waals surface area contributed by atoms with Crippen LogP contribution in [0.4, 0.5) is 0 Å². The lowest BCUT2D eigenvalue weighted by Crippen LogP contribution is -2.43. The summed E-state index contributed by atoms with van der Waals surface area (Å²) in [5, 5.41) is 6.76. The molecule has 5 nitrogen and oxygen atoms in total. The SMILES string of the molecule is CCNC(=NCc1ccc(OC)cc1)NCCN1CCC(C)CC1.I. The molecule has 0 bridgehead atoms. The molecule has 2 rings (SSSR count). The van der Waals surface area contributed by atoms with Crippen molar-refractivity contribution in [3.05, 3.63) is 29.8 Å². The van der Waals surface area contributed by atoms with Crippen molar-refractivity contribution in [1.29, 1.82) is 0 Å². The molecule has 0 spiro atoms. The topological polar surface area (TPSA) is 48.9 Å². The highest BCUT2D eigenvalue weighted by Crippen LogP contribution is 2.15. The Morgan fingerprint density at radius 1 is 1.20 bits per heavy atom. The molecule has 6 heteroatoms. The molecule has 0 atom stereocenters. The molecule has 0 unspecified atom stereocenters. The van der Waals surface area contributed by atoms with Gasteiger partial charge in [0.05, 0.1) is 13.7 Å². The quantitative estimate of drug-likeness (QED) is 0.373. The molecule has 2 N–H and O–H groups in total. The third kappa shape index (κ3) is 8.27. The lowest BCUT2D eigenvalue weighted by Gasteiger charge is -2.30. The van der Waals surface area contributed by atoms with Crippen molar-refractivity contribution in [2.75, 3.05) is 39.8 Å². The standard InChI is InChI=1S/C19H32N4O.HI/c1-4-20-19(21-11-14-23-12-9-16(2)10-13-23)22-15-17-5-7-18(24-3)8-6-17;/h5-8,16H,4,9-15H2,1-3H3,(H2,20,21,22);1H. The molecule has 1 heterocycles. The van der Waals surface area contributed by atoms with Crippen LogP contribution < -0.4 is 15.4 Å². The van der Waals surface area contributed by atoms with Gasteiger partial charge in [0.25, 0.3) is 0 Å². The van der Waals surface area contributed by atoms with E-state index in [1.807, 2.05) is 12.1 Å². The summed E-state index contributed by atoms with van der Waals surface area (Å²) in [7, 11) is 1.68. The monoisotopic (exact) mass is 460 g/mol. The Labute approximate surface area is 169 Å². The van der Waals surface area contributed by atoms with E-state index in [-0.39, 0.29) is 24.0 Å². The third-order valence-electron chi connectivity index (χ3n) is 4.52. The fraction of sp³-hybridized carbons (Fsp3) is 0.632. The Morgan fingerprint density at radius 3 is 2.48 bits per heavy atom. The Balaban J connectivity index is 0.00000312. The zero-order valence-electron chi connectivity index (χ0n) is 15.8. The number of halogens is 1. The molecule has 0 aliphatic carbocycles. The van der Waals surface area contributed by atoms with E-state index >= 15 is 0 Å². The molecule has 1 fully saturated rings. The summed E-state index contributed by atoms with van der Waals surface area (Å²) in [5.41, 5.74) is 1.18. The molecule has 1 aromatic rings. The number of benzene rings is 1. The van der Waals surface area contributed by atoms with Gasteiger partial charge in [-0.3, -0.25) is 0 Å². The van der Waals surface area contributed by atoms with Crippen molar-refractivity contribution in [2.45, 2.75) is 33.2 Å². The molecule has 0 aromatic heterocycles. The molecule has 25 heavy (non-hydrogen) atoms. The number of hydrogen-bond acceptors (Lipinski definition) is 3. The van der Waals surface area contributed by atoms with Crippen LogP contribution in [0.25, 0.3) is 0 Å². The molecular formula is C19H33IN4O. The lowest BCUT2D eigenvalue weighted by molar-refractivity contribution is 0.195. The van der Waals surface area contributed by atoms with Crippen LogP contribution in [-0.4, -0.2) is 50.7 Å². The molecule has 1 aromatic carbocycles. The Kier molecular flexibility index (Phi) is 10.9. The number of ether oxygens (including phenoxy) is 1. The van der Waals surface area contributed by atoms with E-state index in [1.165, 1.54) is 31.5 Å². The van der Waals surface area contributed by atoms with Gasteiger partial charge in [0.2, 0.25) is 0 Å². The fourth-order valence-electron chi connectivity index (χ4n) is 2.86. The minimum Gasteiger partial charge on any atom is -0.497 e. The molecule has 142 valence electrons. The predicted molar refractivity (Wildman–Crippen MR) is 116 cm³/mol. The largest absolute Gasteiger partial charge is 0.497 e. The van der Waals surface area contributed by atoms with Gasteiger partial charge in [-0.15, -0.1) is 24.0 Å². The summed E-state index contributed by atoms with van der Waals surface area (Å²) < 4.78 is 5.19. The van der Waals surface area contributed by atoms with Gasteiger partial charge < -0.3 is 20.3 Å². The van der Waals surface area contributed by atoms with E-state index < -0.39 is 0 Å². The fourth-order valence-corrected chi connectivity index (χ4v) is 2.86. The first-order chi connectivity index (χ1) is 11.7. The van der Waals surface area contributed by atoms with E-state index in [2.05, 4.69) is 46.5 Å². The van der Waals surface area contributed by atoms with Gasteiger partial charge in [-0.05, 0) is 56.5 Å². The number of methoxy groups -OCH3 is 1. The minimum atomic E-state index is 0.